The molecule has 146 valence electrons. The largest absolute Gasteiger partial charge is 0.376 e. The lowest BCUT2D eigenvalue weighted by atomic mass is 10.2. The summed E-state index contributed by atoms with van der Waals surface area (Å²) < 4.78 is 19.1. The van der Waals surface area contributed by atoms with Crippen molar-refractivity contribution < 1.29 is 14.3 Å². The van der Waals surface area contributed by atoms with Gasteiger partial charge in [-0.3, -0.25) is 10.7 Å². The normalized spacial score (nSPS) is 19.1. The number of ether oxygens (including phenoxy) is 1. The molecule has 0 bridgehead atoms. The van der Waals surface area contributed by atoms with E-state index >= 15 is 0 Å². The van der Waals surface area contributed by atoms with E-state index in [4.69, 9.17) is 4.74 Å². The van der Waals surface area contributed by atoms with Crippen LogP contribution in [0.4, 0.5) is 16.0 Å². The Hall–Kier alpha value is -3.04. The van der Waals surface area contributed by atoms with E-state index in [9.17, 15) is 9.60 Å². The Labute approximate surface area is 160 Å². The molecule has 0 aliphatic heterocycles. The fourth-order valence-corrected chi connectivity index (χ4v) is 3.05. The van der Waals surface area contributed by atoms with E-state index in [0.717, 1.165) is 6.42 Å². The van der Waals surface area contributed by atoms with Gasteiger partial charge in [0.05, 0.1) is 23.3 Å². The first-order valence-corrected chi connectivity index (χ1v) is 9.07. The molecule has 1 aromatic carbocycles. The third-order valence-electron chi connectivity index (χ3n) is 4.57. The third-order valence-corrected chi connectivity index (χ3v) is 4.57. The molecule has 8 nitrogen and oxygen atoms in total. The molecule has 4 N–H and O–H groups in total. The van der Waals surface area contributed by atoms with E-state index in [2.05, 4.69) is 30.7 Å². The highest BCUT2D eigenvalue weighted by Gasteiger charge is 2.38. The molecule has 1 saturated carbocycles. The molecule has 0 radical (unpaired) electrons. The molecule has 0 saturated heterocycles. The van der Waals surface area contributed by atoms with Crippen LogP contribution in [0.15, 0.2) is 35.5 Å². The lowest BCUT2D eigenvalue weighted by Crippen LogP contribution is -2.20. The molecule has 3 aromatic rings. The first-order valence-electron chi connectivity index (χ1n) is 9.07. The Morgan fingerprint density at radius 3 is 3.04 bits per heavy atom. The van der Waals surface area contributed by atoms with Gasteiger partial charge in [-0.25, -0.2) is 14.4 Å². The lowest BCUT2D eigenvalue weighted by Gasteiger charge is -2.06. The second-order valence-electron chi connectivity index (χ2n) is 6.63. The van der Waals surface area contributed by atoms with E-state index in [1.165, 1.54) is 6.07 Å². The van der Waals surface area contributed by atoms with Gasteiger partial charge >= 0.3 is 0 Å². The van der Waals surface area contributed by atoms with Crippen molar-refractivity contribution in [2.45, 2.75) is 32.4 Å². The summed E-state index contributed by atoms with van der Waals surface area (Å²) in [7, 11) is 0. The second kappa shape index (κ2) is 7.53. The molecule has 1 fully saturated rings. The fraction of sp³-hybridized carbons (Fsp3) is 0.316. The topological polar surface area (TPSA) is 107 Å². The number of H-pyrrole nitrogens is 1. The molecule has 2 aromatic heterocycles. The Morgan fingerprint density at radius 2 is 2.29 bits per heavy atom. The van der Waals surface area contributed by atoms with Crippen LogP contribution < -0.4 is 10.8 Å². The highest BCUT2D eigenvalue weighted by molar-refractivity contribution is 6.08. The highest BCUT2D eigenvalue weighted by atomic mass is 19.1. The molecular weight excluding hydrogens is 363 g/mol. The number of fused-ring (bicyclic) bond motifs is 1. The number of hydrogen-bond donors (Lipinski definition) is 4. The van der Waals surface area contributed by atoms with Crippen LogP contribution in [0, 0.1) is 12.7 Å². The maximum atomic E-state index is 13.5. The van der Waals surface area contributed by atoms with Crippen LogP contribution in [0.3, 0.4) is 0 Å². The molecule has 0 amide bonds. The molecule has 9 heteroatoms. The molecule has 1 aliphatic carbocycles. The van der Waals surface area contributed by atoms with Gasteiger partial charge in [0.15, 0.2) is 11.5 Å². The fourth-order valence-electron chi connectivity index (χ4n) is 3.05. The standard InChI is InChI=1S/C19H21FN6O2/c1-3-28-15-9-14(15)23-19-24-16-12(6-7-21-18(16)25-19)17(26-27)22-11-4-5-13(20)10(2)8-11/h4-8,14-15,27H,3,9H2,1-2H3,(H,22,26)(H2,21,23,24,25). The monoisotopic (exact) mass is 384 g/mol. The molecule has 2 atom stereocenters. The van der Waals surface area contributed by atoms with Crippen LogP contribution in [0.2, 0.25) is 0 Å². The van der Waals surface area contributed by atoms with Gasteiger partial charge in [-0.2, -0.15) is 4.98 Å². The van der Waals surface area contributed by atoms with Crippen molar-refractivity contribution in [1.29, 1.82) is 0 Å². The van der Waals surface area contributed by atoms with Crippen molar-refractivity contribution in [2.24, 2.45) is 4.99 Å². The number of amidine groups is 1. The number of aliphatic imine (C=N–C) groups is 1. The Morgan fingerprint density at radius 1 is 1.43 bits per heavy atom. The summed E-state index contributed by atoms with van der Waals surface area (Å²) in [6.07, 6.45) is 2.72. The van der Waals surface area contributed by atoms with Crippen LogP contribution in [-0.4, -0.2) is 44.7 Å². The van der Waals surface area contributed by atoms with E-state index in [1.54, 1.807) is 31.3 Å². The van der Waals surface area contributed by atoms with Crippen LogP contribution >= 0.6 is 0 Å². The van der Waals surface area contributed by atoms with Crippen molar-refractivity contribution in [3.8, 4) is 0 Å². The van der Waals surface area contributed by atoms with Gasteiger partial charge in [-0.15, -0.1) is 0 Å². The number of pyridine rings is 1. The van der Waals surface area contributed by atoms with Gasteiger partial charge in [-0.05, 0) is 50.1 Å². The van der Waals surface area contributed by atoms with Crippen molar-refractivity contribution in [2.75, 3.05) is 11.9 Å². The molecule has 1 aliphatic rings. The lowest BCUT2D eigenvalue weighted by molar-refractivity contribution is 0.130. The second-order valence-corrected chi connectivity index (χ2v) is 6.63. The molecular formula is C19H21FN6O2. The highest BCUT2D eigenvalue weighted by Crippen LogP contribution is 2.29. The van der Waals surface area contributed by atoms with Crippen molar-refractivity contribution >= 4 is 28.6 Å². The Balaban J connectivity index is 1.65. The van der Waals surface area contributed by atoms with Crippen LogP contribution in [0.25, 0.3) is 11.2 Å². The van der Waals surface area contributed by atoms with Crippen LogP contribution in [0.5, 0.6) is 0 Å². The molecule has 28 heavy (non-hydrogen) atoms. The summed E-state index contributed by atoms with van der Waals surface area (Å²) in [5.41, 5.74) is 4.81. The number of hydrogen-bond acceptors (Lipinski definition) is 6. The number of aromatic nitrogens is 3. The van der Waals surface area contributed by atoms with Gasteiger partial charge in [0.2, 0.25) is 5.95 Å². The number of rotatable bonds is 6. The maximum Gasteiger partial charge on any atom is 0.203 e. The zero-order chi connectivity index (χ0) is 19.7. The molecule has 0 spiro atoms. The van der Waals surface area contributed by atoms with Crippen LogP contribution in [0.1, 0.15) is 24.5 Å². The number of hydroxylamine groups is 1. The first kappa shape index (κ1) is 18.3. The number of benzene rings is 1. The zero-order valence-corrected chi connectivity index (χ0v) is 15.5. The summed E-state index contributed by atoms with van der Waals surface area (Å²) in [6.45, 7) is 4.31. The number of aromatic amines is 1. The maximum absolute atomic E-state index is 13.5. The predicted octanol–water partition coefficient (Wildman–Crippen LogP) is 3.05. The zero-order valence-electron chi connectivity index (χ0n) is 15.5. The smallest absolute Gasteiger partial charge is 0.203 e. The Bertz CT molecular complexity index is 1030. The summed E-state index contributed by atoms with van der Waals surface area (Å²) in [5, 5.41) is 12.9. The van der Waals surface area contributed by atoms with Gasteiger partial charge in [0, 0.05) is 18.4 Å². The number of nitrogens with zero attached hydrogens (tertiary/aromatic N) is 3. The van der Waals surface area contributed by atoms with Gasteiger partial charge in [0.1, 0.15) is 5.82 Å². The molecule has 2 unspecified atom stereocenters. The minimum Gasteiger partial charge on any atom is -0.376 e. The number of anilines is 1. The van der Waals surface area contributed by atoms with E-state index in [1.807, 2.05) is 6.92 Å². The molecule has 4 rings (SSSR count). The first-order chi connectivity index (χ1) is 13.6. The average Bonchev–Trinajstić information content (AvgIpc) is 3.26. The van der Waals surface area contributed by atoms with Gasteiger partial charge < -0.3 is 15.0 Å². The summed E-state index contributed by atoms with van der Waals surface area (Å²) in [5.74, 6) is 0.475. The Kier molecular flexibility index (Phi) is 4.93. The SMILES string of the molecule is CCOC1CC1Nc1nc2nccc(C(=Nc3ccc(F)c(C)c3)NO)c2[nH]1. The number of halogens is 1. The van der Waals surface area contributed by atoms with E-state index < -0.39 is 0 Å². The number of aryl methyl sites for hydroxylation is 1. The predicted molar refractivity (Wildman–Crippen MR) is 104 cm³/mol. The summed E-state index contributed by atoms with van der Waals surface area (Å²) in [6, 6.07) is 6.41. The minimum absolute atomic E-state index is 0.198. The van der Waals surface area contributed by atoms with Gasteiger partial charge in [0.25, 0.3) is 0 Å². The summed E-state index contributed by atoms with van der Waals surface area (Å²) >= 11 is 0. The van der Waals surface area contributed by atoms with Gasteiger partial charge in [-0.1, -0.05) is 0 Å². The van der Waals surface area contributed by atoms with Crippen LogP contribution in [-0.2, 0) is 4.74 Å². The third kappa shape index (κ3) is 3.67. The quantitative estimate of drug-likeness (QED) is 0.296. The van der Waals surface area contributed by atoms with Crippen molar-refractivity contribution in [1.82, 2.24) is 20.4 Å². The summed E-state index contributed by atoms with van der Waals surface area (Å²) in [4.78, 5) is 16.3. The van der Waals surface area contributed by atoms with Crippen molar-refractivity contribution in [3.63, 3.8) is 0 Å². The minimum atomic E-state index is -0.307. The average molecular weight is 384 g/mol. The number of imidazole rings is 1. The van der Waals surface area contributed by atoms with E-state index in [0.29, 0.717) is 40.5 Å². The van der Waals surface area contributed by atoms with E-state index in [-0.39, 0.29) is 23.8 Å². The molecule has 2 heterocycles. The van der Waals surface area contributed by atoms with Crippen molar-refractivity contribution in [3.05, 3.63) is 47.4 Å². The number of nitrogens with one attached hydrogen (secondary N) is 3.